The molecule has 6 nitrogen and oxygen atoms in total. The van der Waals surface area contributed by atoms with Gasteiger partial charge in [-0.1, -0.05) is 35.2 Å². The summed E-state index contributed by atoms with van der Waals surface area (Å²) in [5, 5.41) is 19.3. The first-order valence-corrected chi connectivity index (χ1v) is 9.25. The maximum Gasteiger partial charge on any atom is 0.217 e. The third-order valence-corrected chi connectivity index (χ3v) is 5.54. The predicted molar refractivity (Wildman–Crippen MR) is 93.5 cm³/mol. The fourth-order valence-electron chi connectivity index (χ4n) is 2.36. The number of ether oxygens (including phenoxy) is 1. The summed E-state index contributed by atoms with van der Waals surface area (Å²) in [6.07, 6.45) is 1.02. The highest BCUT2D eigenvalue weighted by Crippen LogP contribution is 2.29. The monoisotopic (exact) mass is 361 g/mol. The molecule has 24 heavy (non-hydrogen) atoms. The minimum Gasteiger partial charge on any atom is -0.467 e. The Hall–Kier alpha value is -1.87. The molecule has 0 spiro atoms. The second kappa shape index (κ2) is 6.94. The van der Waals surface area contributed by atoms with Crippen molar-refractivity contribution in [3.8, 4) is 0 Å². The molecule has 1 aromatic carbocycles. The number of hydrogen-bond acceptors (Lipinski definition) is 7. The number of aliphatic hydroxyl groups excluding tert-OH is 1. The number of hydrogen-bond donors (Lipinski definition) is 1. The van der Waals surface area contributed by atoms with Crippen molar-refractivity contribution in [3.63, 3.8) is 0 Å². The number of fused-ring (bicyclic) bond motifs is 3. The molecule has 1 atom stereocenters. The number of rotatable bonds is 7. The Morgan fingerprint density at radius 3 is 3.04 bits per heavy atom. The molecule has 3 heterocycles. The Morgan fingerprint density at radius 2 is 2.17 bits per heavy atom. The van der Waals surface area contributed by atoms with Crippen molar-refractivity contribution >= 4 is 38.3 Å². The summed E-state index contributed by atoms with van der Waals surface area (Å²) in [6.45, 7) is 0.610. The molecular weight excluding hydrogens is 346 g/mol. The van der Waals surface area contributed by atoms with Gasteiger partial charge in [0, 0.05) is 5.75 Å². The van der Waals surface area contributed by atoms with Gasteiger partial charge in [-0.3, -0.25) is 4.40 Å². The second-order valence-corrected chi connectivity index (χ2v) is 7.23. The normalized spacial score (nSPS) is 13.0. The summed E-state index contributed by atoms with van der Waals surface area (Å²) >= 11 is 3.08. The molecule has 0 saturated heterocycles. The number of thioether (sulfide) groups is 1. The molecule has 0 amide bonds. The van der Waals surface area contributed by atoms with Crippen LogP contribution in [0.25, 0.3) is 15.2 Å². The SMILES string of the molecule is OC(COCc1ccco1)CSc1nnc2sc3ccccc3n12. The standard InChI is InChI=1S/C16H15N3O3S2/c20-11(8-21-9-12-4-3-7-22-12)10-23-15-17-18-16-19(15)13-5-1-2-6-14(13)24-16/h1-7,11,20H,8-10H2. The molecule has 0 radical (unpaired) electrons. The lowest BCUT2D eigenvalue weighted by molar-refractivity contribution is 0.0328. The van der Waals surface area contributed by atoms with Crippen molar-refractivity contribution in [2.45, 2.75) is 17.9 Å². The van der Waals surface area contributed by atoms with Gasteiger partial charge >= 0.3 is 0 Å². The van der Waals surface area contributed by atoms with Gasteiger partial charge in [-0.25, -0.2) is 0 Å². The van der Waals surface area contributed by atoms with Gasteiger partial charge < -0.3 is 14.3 Å². The summed E-state index contributed by atoms with van der Waals surface area (Å²) < 4.78 is 13.8. The summed E-state index contributed by atoms with van der Waals surface area (Å²) in [5.74, 6) is 1.24. The van der Waals surface area contributed by atoms with Crippen molar-refractivity contribution in [1.82, 2.24) is 14.6 Å². The van der Waals surface area contributed by atoms with E-state index in [2.05, 4.69) is 22.3 Å². The fraction of sp³-hybridized carbons (Fsp3) is 0.250. The van der Waals surface area contributed by atoms with Crippen LogP contribution in [-0.4, -0.2) is 38.2 Å². The van der Waals surface area contributed by atoms with Crippen LogP contribution in [-0.2, 0) is 11.3 Å². The molecule has 4 rings (SSSR count). The maximum atomic E-state index is 10.1. The first kappa shape index (κ1) is 15.6. The van der Waals surface area contributed by atoms with E-state index >= 15 is 0 Å². The lowest BCUT2D eigenvalue weighted by Gasteiger charge is -2.09. The van der Waals surface area contributed by atoms with Gasteiger partial charge in [0.15, 0.2) is 5.16 Å². The molecule has 0 aliphatic heterocycles. The predicted octanol–water partition coefficient (Wildman–Crippen LogP) is 3.21. The van der Waals surface area contributed by atoms with Crippen LogP contribution in [0.5, 0.6) is 0 Å². The largest absolute Gasteiger partial charge is 0.467 e. The van der Waals surface area contributed by atoms with E-state index < -0.39 is 6.10 Å². The van der Waals surface area contributed by atoms with Crippen LogP contribution in [0, 0.1) is 0 Å². The van der Waals surface area contributed by atoms with Crippen molar-refractivity contribution in [1.29, 1.82) is 0 Å². The molecule has 0 saturated carbocycles. The van der Waals surface area contributed by atoms with Gasteiger partial charge in [-0.2, -0.15) is 0 Å². The number of furan rings is 1. The first-order valence-electron chi connectivity index (χ1n) is 7.45. The smallest absolute Gasteiger partial charge is 0.217 e. The molecule has 0 bridgehead atoms. The van der Waals surface area contributed by atoms with Crippen LogP contribution in [0.4, 0.5) is 0 Å². The quantitative estimate of drug-likeness (QED) is 0.510. The van der Waals surface area contributed by atoms with Gasteiger partial charge in [0.1, 0.15) is 12.4 Å². The van der Waals surface area contributed by atoms with Crippen molar-refractivity contribution in [2.75, 3.05) is 12.4 Å². The van der Waals surface area contributed by atoms with Gasteiger partial charge in [-0.15, -0.1) is 10.2 Å². The van der Waals surface area contributed by atoms with Crippen molar-refractivity contribution in [2.24, 2.45) is 0 Å². The highest BCUT2D eigenvalue weighted by Gasteiger charge is 2.14. The zero-order valence-electron chi connectivity index (χ0n) is 12.7. The summed E-state index contributed by atoms with van der Waals surface area (Å²) in [7, 11) is 0. The van der Waals surface area contributed by atoms with Crippen LogP contribution >= 0.6 is 23.1 Å². The van der Waals surface area contributed by atoms with E-state index in [1.807, 2.05) is 28.7 Å². The lowest BCUT2D eigenvalue weighted by atomic mass is 10.3. The molecule has 0 aliphatic carbocycles. The Labute approximate surface area is 146 Å². The molecule has 1 N–H and O–H groups in total. The van der Waals surface area contributed by atoms with Gasteiger partial charge in [0.25, 0.3) is 0 Å². The molecule has 4 aromatic rings. The third kappa shape index (κ3) is 3.18. The summed E-state index contributed by atoms with van der Waals surface area (Å²) in [6, 6.07) is 11.8. The molecule has 3 aromatic heterocycles. The van der Waals surface area contributed by atoms with Crippen LogP contribution in [0.3, 0.4) is 0 Å². The van der Waals surface area contributed by atoms with E-state index in [0.717, 1.165) is 21.4 Å². The van der Waals surface area contributed by atoms with Crippen molar-refractivity contribution < 1.29 is 14.3 Å². The first-order chi connectivity index (χ1) is 11.8. The molecule has 8 heteroatoms. The zero-order chi connectivity index (χ0) is 16.4. The van der Waals surface area contributed by atoms with Crippen molar-refractivity contribution in [3.05, 3.63) is 48.4 Å². The average molecular weight is 361 g/mol. The van der Waals surface area contributed by atoms with Crippen LogP contribution in [0.2, 0.25) is 0 Å². The number of para-hydroxylation sites is 1. The summed E-state index contributed by atoms with van der Waals surface area (Å²) in [5.41, 5.74) is 1.09. The highest BCUT2D eigenvalue weighted by molar-refractivity contribution is 7.99. The average Bonchev–Trinajstić information content (AvgIpc) is 3.30. The van der Waals surface area contributed by atoms with Crippen LogP contribution < -0.4 is 0 Å². The van der Waals surface area contributed by atoms with Gasteiger partial charge in [0.05, 0.1) is 29.2 Å². The van der Waals surface area contributed by atoms with E-state index in [1.165, 1.54) is 16.5 Å². The van der Waals surface area contributed by atoms with Crippen LogP contribution in [0.15, 0.2) is 52.2 Å². The van der Waals surface area contributed by atoms with Crippen LogP contribution in [0.1, 0.15) is 5.76 Å². The van der Waals surface area contributed by atoms with E-state index in [-0.39, 0.29) is 6.61 Å². The highest BCUT2D eigenvalue weighted by atomic mass is 32.2. The topological polar surface area (TPSA) is 72.8 Å². The molecule has 1 unspecified atom stereocenters. The Morgan fingerprint density at radius 1 is 1.25 bits per heavy atom. The molecule has 124 valence electrons. The van der Waals surface area contributed by atoms with Gasteiger partial charge in [0.2, 0.25) is 4.96 Å². The van der Waals surface area contributed by atoms with Gasteiger partial charge in [-0.05, 0) is 24.3 Å². The summed E-state index contributed by atoms with van der Waals surface area (Å²) in [4.78, 5) is 0.863. The third-order valence-electron chi connectivity index (χ3n) is 3.45. The second-order valence-electron chi connectivity index (χ2n) is 5.23. The molecule has 0 aliphatic rings. The lowest BCUT2D eigenvalue weighted by Crippen LogP contribution is -2.18. The van der Waals surface area contributed by atoms with E-state index in [0.29, 0.717) is 12.4 Å². The number of aromatic nitrogens is 3. The number of aliphatic hydroxyl groups is 1. The Bertz CT molecular complexity index is 933. The fourth-order valence-corrected chi connectivity index (χ4v) is 4.23. The van der Waals surface area contributed by atoms with E-state index in [1.54, 1.807) is 17.6 Å². The maximum absolute atomic E-state index is 10.1. The number of benzene rings is 1. The van der Waals surface area contributed by atoms with E-state index in [4.69, 9.17) is 9.15 Å². The molecule has 0 fully saturated rings. The molecular formula is C16H15N3O3S2. The number of thiazole rings is 1. The Balaban J connectivity index is 1.37. The minimum absolute atomic E-state index is 0.250. The number of nitrogens with zero attached hydrogens (tertiary/aromatic N) is 3. The minimum atomic E-state index is -0.581. The zero-order valence-corrected chi connectivity index (χ0v) is 14.3. The Kier molecular flexibility index (Phi) is 4.52. The van der Waals surface area contributed by atoms with E-state index in [9.17, 15) is 5.11 Å².